The van der Waals surface area contributed by atoms with Gasteiger partial charge in [-0.25, -0.2) is 0 Å². The van der Waals surface area contributed by atoms with Crippen LogP contribution in [0, 0.1) is 11.3 Å². The number of nitrogens with one attached hydrogen (secondary N) is 1. The van der Waals surface area contributed by atoms with Gasteiger partial charge in [-0.2, -0.15) is 5.26 Å². The van der Waals surface area contributed by atoms with Crippen LogP contribution in [0.2, 0.25) is 0 Å². The average molecular weight is 271 g/mol. The molecule has 19 heavy (non-hydrogen) atoms. The molecule has 0 saturated carbocycles. The van der Waals surface area contributed by atoms with E-state index in [-0.39, 0.29) is 0 Å². The minimum Gasteiger partial charge on any atom is -0.383 e. The number of methoxy groups -OCH3 is 2. The van der Waals surface area contributed by atoms with Crippen molar-refractivity contribution in [3.8, 4) is 6.07 Å². The van der Waals surface area contributed by atoms with Gasteiger partial charge in [0.15, 0.2) is 0 Å². The van der Waals surface area contributed by atoms with Crippen molar-refractivity contribution in [1.82, 2.24) is 10.2 Å². The largest absolute Gasteiger partial charge is 0.383 e. The third-order valence-electron chi connectivity index (χ3n) is 3.31. The van der Waals surface area contributed by atoms with Crippen molar-refractivity contribution in [3.05, 3.63) is 0 Å². The zero-order chi connectivity index (χ0) is 14.7. The van der Waals surface area contributed by atoms with Gasteiger partial charge >= 0.3 is 0 Å². The van der Waals surface area contributed by atoms with Gasteiger partial charge in [-0.1, -0.05) is 6.92 Å². The Hall–Kier alpha value is -0.670. The second kappa shape index (κ2) is 10.2. The summed E-state index contributed by atoms with van der Waals surface area (Å²) in [5, 5.41) is 12.6. The van der Waals surface area contributed by atoms with Crippen molar-refractivity contribution < 1.29 is 9.47 Å². The van der Waals surface area contributed by atoms with Crippen LogP contribution in [0.1, 0.15) is 27.2 Å². The predicted octanol–water partition coefficient (Wildman–Crippen LogP) is 1.25. The van der Waals surface area contributed by atoms with Gasteiger partial charge in [-0.05, 0) is 26.8 Å². The molecule has 2 atom stereocenters. The first-order valence-electron chi connectivity index (χ1n) is 6.91. The first-order chi connectivity index (χ1) is 9.02. The Morgan fingerprint density at radius 2 is 1.79 bits per heavy atom. The molecule has 0 aromatic heterocycles. The fraction of sp³-hybridized carbons (Fsp3) is 0.929. The highest BCUT2D eigenvalue weighted by molar-refractivity contribution is 5.05. The monoisotopic (exact) mass is 271 g/mol. The van der Waals surface area contributed by atoms with Crippen molar-refractivity contribution >= 4 is 0 Å². The van der Waals surface area contributed by atoms with Crippen LogP contribution in [0.25, 0.3) is 0 Å². The molecule has 0 aliphatic carbocycles. The maximum atomic E-state index is 9.32. The highest BCUT2D eigenvalue weighted by Crippen LogP contribution is 2.15. The molecule has 0 heterocycles. The van der Waals surface area contributed by atoms with Crippen LogP contribution in [-0.2, 0) is 9.47 Å². The number of nitrogens with zero attached hydrogens (tertiary/aromatic N) is 2. The Labute approximate surface area is 117 Å². The molecule has 0 amide bonds. The van der Waals surface area contributed by atoms with Crippen molar-refractivity contribution in [2.75, 3.05) is 47.1 Å². The van der Waals surface area contributed by atoms with Crippen LogP contribution in [0.15, 0.2) is 0 Å². The van der Waals surface area contributed by atoms with Crippen molar-refractivity contribution in [3.63, 3.8) is 0 Å². The summed E-state index contributed by atoms with van der Waals surface area (Å²) in [6, 6.07) is 2.68. The molecule has 0 spiro atoms. The highest BCUT2D eigenvalue weighted by Gasteiger charge is 2.27. The van der Waals surface area contributed by atoms with Crippen LogP contribution in [0.4, 0.5) is 0 Å². The summed E-state index contributed by atoms with van der Waals surface area (Å²) in [6.45, 7) is 10.0. The second-order valence-electron chi connectivity index (χ2n) is 5.05. The third-order valence-corrected chi connectivity index (χ3v) is 3.31. The molecule has 0 radical (unpaired) electrons. The summed E-state index contributed by atoms with van der Waals surface area (Å²) < 4.78 is 10.3. The number of hydrogen-bond donors (Lipinski definition) is 1. The molecule has 0 bridgehead atoms. The summed E-state index contributed by atoms with van der Waals surface area (Å²) in [7, 11) is 3.41. The maximum Gasteiger partial charge on any atom is 0.105 e. The lowest BCUT2D eigenvalue weighted by Crippen LogP contribution is -2.48. The van der Waals surface area contributed by atoms with E-state index < -0.39 is 5.54 Å². The molecule has 2 unspecified atom stereocenters. The van der Waals surface area contributed by atoms with Crippen LogP contribution in [0.5, 0.6) is 0 Å². The molecule has 0 aromatic rings. The van der Waals surface area contributed by atoms with Gasteiger partial charge in [0.25, 0.3) is 0 Å². The molecular formula is C14H29N3O2. The van der Waals surface area contributed by atoms with E-state index in [1.165, 1.54) is 0 Å². The second-order valence-corrected chi connectivity index (χ2v) is 5.05. The lowest BCUT2D eigenvalue weighted by molar-refractivity contribution is 0.0833. The van der Waals surface area contributed by atoms with E-state index in [4.69, 9.17) is 9.47 Å². The molecule has 0 aromatic carbocycles. The van der Waals surface area contributed by atoms with E-state index in [0.29, 0.717) is 19.3 Å². The Balaban J connectivity index is 4.50. The van der Waals surface area contributed by atoms with Crippen LogP contribution in [-0.4, -0.2) is 63.5 Å². The summed E-state index contributed by atoms with van der Waals surface area (Å²) in [5.74, 6) is 0. The summed E-state index contributed by atoms with van der Waals surface area (Å²) in [6.07, 6.45) is 0.783. The molecule has 112 valence electrons. The molecule has 0 aliphatic heterocycles. The van der Waals surface area contributed by atoms with Gasteiger partial charge in [0.1, 0.15) is 5.54 Å². The van der Waals surface area contributed by atoms with Gasteiger partial charge < -0.3 is 9.47 Å². The van der Waals surface area contributed by atoms with Gasteiger partial charge in [0.2, 0.25) is 0 Å². The number of rotatable bonds is 11. The quantitative estimate of drug-likeness (QED) is 0.613. The van der Waals surface area contributed by atoms with E-state index in [2.05, 4.69) is 23.2 Å². The SMILES string of the molecule is CCNC(C)(C#N)CC(C)N(CCOC)CCOC. The summed E-state index contributed by atoms with van der Waals surface area (Å²) in [5.41, 5.74) is -0.480. The van der Waals surface area contributed by atoms with Gasteiger partial charge in [0.05, 0.1) is 19.3 Å². The first kappa shape index (κ1) is 18.3. The Morgan fingerprint density at radius 3 is 2.16 bits per heavy atom. The van der Waals surface area contributed by atoms with E-state index in [1.807, 2.05) is 13.8 Å². The number of nitriles is 1. The van der Waals surface area contributed by atoms with E-state index in [9.17, 15) is 5.26 Å². The minimum atomic E-state index is -0.480. The summed E-state index contributed by atoms with van der Waals surface area (Å²) >= 11 is 0. The Bertz CT molecular complexity index is 260. The summed E-state index contributed by atoms with van der Waals surface area (Å²) in [4.78, 5) is 2.31. The van der Waals surface area contributed by atoms with Crippen molar-refractivity contribution in [2.45, 2.75) is 38.8 Å². The lowest BCUT2D eigenvalue weighted by atomic mass is 9.94. The Kier molecular flexibility index (Phi) is 9.80. The molecule has 5 nitrogen and oxygen atoms in total. The topological polar surface area (TPSA) is 57.5 Å². The van der Waals surface area contributed by atoms with Gasteiger partial charge in [0, 0.05) is 33.4 Å². The molecule has 0 rings (SSSR count). The predicted molar refractivity (Wildman–Crippen MR) is 77.1 cm³/mol. The minimum absolute atomic E-state index is 0.300. The standard InChI is InChI=1S/C14H29N3O2/c1-6-16-14(3,12-15)11-13(2)17(7-9-18-4)8-10-19-5/h13,16H,6-11H2,1-5H3. The third kappa shape index (κ3) is 7.48. The first-order valence-corrected chi connectivity index (χ1v) is 6.91. The fourth-order valence-electron chi connectivity index (χ4n) is 2.24. The van der Waals surface area contributed by atoms with Crippen molar-refractivity contribution in [1.29, 1.82) is 5.26 Å². The van der Waals surface area contributed by atoms with Crippen LogP contribution in [0.3, 0.4) is 0 Å². The highest BCUT2D eigenvalue weighted by atomic mass is 16.5. The average Bonchev–Trinajstić information content (AvgIpc) is 2.39. The van der Waals surface area contributed by atoms with Gasteiger partial charge in [-0.3, -0.25) is 10.2 Å². The number of hydrogen-bond acceptors (Lipinski definition) is 5. The Morgan fingerprint density at radius 1 is 1.26 bits per heavy atom. The maximum absolute atomic E-state index is 9.32. The van der Waals surface area contributed by atoms with E-state index in [0.717, 1.165) is 26.1 Å². The normalized spacial score (nSPS) is 16.1. The molecule has 5 heteroatoms. The van der Waals surface area contributed by atoms with Crippen LogP contribution >= 0.6 is 0 Å². The zero-order valence-corrected chi connectivity index (χ0v) is 13.0. The van der Waals surface area contributed by atoms with Gasteiger partial charge in [-0.15, -0.1) is 0 Å². The molecule has 1 N–H and O–H groups in total. The number of ether oxygens (including phenoxy) is 2. The van der Waals surface area contributed by atoms with E-state index >= 15 is 0 Å². The smallest absolute Gasteiger partial charge is 0.105 e. The van der Waals surface area contributed by atoms with Crippen LogP contribution < -0.4 is 5.32 Å². The van der Waals surface area contributed by atoms with Crippen molar-refractivity contribution in [2.24, 2.45) is 0 Å². The molecule has 0 aliphatic rings. The molecular weight excluding hydrogens is 242 g/mol. The molecule has 0 fully saturated rings. The lowest BCUT2D eigenvalue weighted by Gasteiger charge is -2.33. The molecule has 0 saturated heterocycles. The fourth-order valence-corrected chi connectivity index (χ4v) is 2.24. The van der Waals surface area contributed by atoms with E-state index in [1.54, 1.807) is 14.2 Å². The zero-order valence-electron chi connectivity index (χ0n) is 13.0.